The zero-order valence-electron chi connectivity index (χ0n) is 12.2. The zero-order chi connectivity index (χ0) is 13.7. The summed E-state index contributed by atoms with van der Waals surface area (Å²) in [6.07, 6.45) is 0. The van der Waals surface area contributed by atoms with E-state index in [2.05, 4.69) is 15.5 Å². The predicted molar refractivity (Wildman–Crippen MR) is 84.8 cm³/mol. The molecular formula is C15H24ClN3O. The normalized spacial score (nSPS) is 15.5. The van der Waals surface area contributed by atoms with Crippen molar-refractivity contribution in [1.82, 2.24) is 15.5 Å². The molecule has 0 spiro atoms. The van der Waals surface area contributed by atoms with Gasteiger partial charge in [0.2, 0.25) is 0 Å². The molecule has 4 nitrogen and oxygen atoms in total. The van der Waals surface area contributed by atoms with Crippen LogP contribution in [-0.4, -0.2) is 50.1 Å². The van der Waals surface area contributed by atoms with Crippen LogP contribution < -0.4 is 10.6 Å². The predicted octanol–water partition coefficient (Wildman–Crippen LogP) is 1.36. The highest BCUT2D eigenvalue weighted by molar-refractivity contribution is 5.95. The molecule has 5 heteroatoms. The van der Waals surface area contributed by atoms with Crippen LogP contribution in [0.25, 0.3) is 0 Å². The smallest absolute Gasteiger partial charge is 0.251 e. The first-order chi connectivity index (χ1) is 9.16. The number of carbonyl (C=O) groups is 1. The Labute approximate surface area is 127 Å². The molecule has 1 aliphatic heterocycles. The Morgan fingerprint density at radius 2 is 2.00 bits per heavy atom. The number of hydrogen-bond donors (Lipinski definition) is 2. The second-order valence-electron chi connectivity index (χ2n) is 5.17. The van der Waals surface area contributed by atoms with E-state index in [0.29, 0.717) is 6.54 Å². The first kappa shape index (κ1) is 17.0. The van der Waals surface area contributed by atoms with E-state index in [4.69, 9.17) is 0 Å². The third kappa shape index (κ3) is 4.78. The fourth-order valence-corrected chi connectivity index (χ4v) is 2.43. The summed E-state index contributed by atoms with van der Waals surface area (Å²) in [6, 6.07) is 5.94. The average molecular weight is 298 g/mol. The van der Waals surface area contributed by atoms with Gasteiger partial charge in [-0.05, 0) is 25.5 Å². The molecule has 20 heavy (non-hydrogen) atoms. The molecule has 0 saturated carbocycles. The van der Waals surface area contributed by atoms with Crippen molar-refractivity contribution in [3.8, 4) is 0 Å². The number of rotatable bonds is 4. The number of benzene rings is 1. The van der Waals surface area contributed by atoms with Gasteiger partial charge in [0.15, 0.2) is 0 Å². The molecule has 1 heterocycles. The maximum Gasteiger partial charge on any atom is 0.251 e. The van der Waals surface area contributed by atoms with Gasteiger partial charge in [-0.25, -0.2) is 0 Å². The van der Waals surface area contributed by atoms with E-state index in [1.807, 2.05) is 32.0 Å². The van der Waals surface area contributed by atoms with Gasteiger partial charge in [-0.1, -0.05) is 17.7 Å². The first-order valence-electron chi connectivity index (χ1n) is 6.95. The maximum absolute atomic E-state index is 12.1. The number of halogens is 1. The van der Waals surface area contributed by atoms with Gasteiger partial charge in [0.25, 0.3) is 5.91 Å². The summed E-state index contributed by atoms with van der Waals surface area (Å²) in [6.45, 7) is 9.90. The standard InChI is InChI=1S/C15H23N3O.ClH/c1-12-3-4-14(13(2)11-12)15(19)17-7-10-18-8-5-16-6-9-18;/h3-4,11,16H,5-10H2,1-2H3,(H,17,19);1H. The summed E-state index contributed by atoms with van der Waals surface area (Å²) < 4.78 is 0. The molecular weight excluding hydrogens is 274 g/mol. The summed E-state index contributed by atoms with van der Waals surface area (Å²) in [5.74, 6) is 0.0348. The SMILES string of the molecule is Cc1ccc(C(=O)NCCN2CCNCC2)c(C)c1.Cl. The van der Waals surface area contributed by atoms with Crippen molar-refractivity contribution < 1.29 is 4.79 Å². The maximum atomic E-state index is 12.1. The molecule has 0 aliphatic carbocycles. The zero-order valence-corrected chi connectivity index (χ0v) is 13.1. The molecule has 0 aromatic heterocycles. The van der Waals surface area contributed by atoms with Crippen LogP contribution in [0.15, 0.2) is 18.2 Å². The Balaban J connectivity index is 0.00000200. The molecule has 1 aliphatic rings. The molecule has 0 atom stereocenters. The Morgan fingerprint density at radius 3 is 2.65 bits per heavy atom. The van der Waals surface area contributed by atoms with Crippen molar-refractivity contribution in [2.45, 2.75) is 13.8 Å². The summed E-state index contributed by atoms with van der Waals surface area (Å²) in [4.78, 5) is 14.5. The summed E-state index contributed by atoms with van der Waals surface area (Å²) >= 11 is 0. The topological polar surface area (TPSA) is 44.4 Å². The fraction of sp³-hybridized carbons (Fsp3) is 0.533. The number of aryl methyl sites for hydroxylation is 2. The monoisotopic (exact) mass is 297 g/mol. The van der Waals surface area contributed by atoms with Gasteiger partial charge in [0.1, 0.15) is 0 Å². The Kier molecular flexibility index (Phi) is 6.99. The fourth-order valence-electron chi connectivity index (χ4n) is 2.43. The minimum atomic E-state index is 0. The van der Waals surface area contributed by atoms with Crippen molar-refractivity contribution in [2.24, 2.45) is 0 Å². The molecule has 0 bridgehead atoms. The van der Waals surface area contributed by atoms with Crippen LogP contribution in [0, 0.1) is 13.8 Å². The lowest BCUT2D eigenvalue weighted by Gasteiger charge is -2.27. The quantitative estimate of drug-likeness (QED) is 0.882. The highest BCUT2D eigenvalue weighted by Crippen LogP contribution is 2.10. The molecule has 1 aromatic carbocycles. The number of piperazine rings is 1. The van der Waals surface area contributed by atoms with Crippen LogP contribution >= 0.6 is 12.4 Å². The molecule has 1 aromatic rings. The largest absolute Gasteiger partial charge is 0.351 e. The van der Waals surface area contributed by atoms with Crippen LogP contribution in [0.4, 0.5) is 0 Å². The third-order valence-electron chi connectivity index (χ3n) is 3.55. The first-order valence-corrected chi connectivity index (χ1v) is 6.95. The van der Waals surface area contributed by atoms with Crippen molar-refractivity contribution in [2.75, 3.05) is 39.3 Å². The molecule has 2 N–H and O–H groups in total. The van der Waals surface area contributed by atoms with E-state index < -0.39 is 0 Å². The van der Waals surface area contributed by atoms with Gasteiger partial charge in [-0.2, -0.15) is 0 Å². The molecule has 1 fully saturated rings. The van der Waals surface area contributed by atoms with Gasteiger partial charge in [0.05, 0.1) is 0 Å². The van der Waals surface area contributed by atoms with Crippen LogP contribution in [-0.2, 0) is 0 Å². The molecule has 112 valence electrons. The molecule has 0 unspecified atom stereocenters. The van der Waals surface area contributed by atoms with E-state index in [9.17, 15) is 4.79 Å². The Hall–Kier alpha value is -1.10. The van der Waals surface area contributed by atoms with Gasteiger partial charge in [-0.3, -0.25) is 9.69 Å². The lowest BCUT2D eigenvalue weighted by Crippen LogP contribution is -2.46. The van der Waals surface area contributed by atoms with Gasteiger partial charge >= 0.3 is 0 Å². The van der Waals surface area contributed by atoms with Crippen LogP contribution in [0.5, 0.6) is 0 Å². The van der Waals surface area contributed by atoms with Crippen LogP contribution in [0.3, 0.4) is 0 Å². The van der Waals surface area contributed by atoms with E-state index in [1.54, 1.807) is 0 Å². The number of carbonyl (C=O) groups excluding carboxylic acids is 1. The molecule has 1 saturated heterocycles. The summed E-state index contributed by atoms with van der Waals surface area (Å²) in [7, 11) is 0. The highest BCUT2D eigenvalue weighted by Gasteiger charge is 2.11. The molecule has 2 rings (SSSR count). The Morgan fingerprint density at radius 1 is 1.30 bits per heavy atom. The number of amides is 1. The lowest BCUT2D eigenvalue weighted by molar-refractivity contribution is 0.0946. The van der Waals surface area contributed by atoms with Crippen molar-refractivity contribution in [1.29, 1.82) is 0 Å². The van der Waals surface area contributed by atoms with Crippen molar-refractivity contribution in [3.63, 3.8) is 0 Å². The van der Waals surface area contributed by atoms with Crippen LogP contribution in [0.2, 0.25) is 0 Å². The van der Waals surface area contributed by atoms with Gasteiger partial charge < -0.3 is 10.6 Å². The van der Waals surface area contributed by atoms with E-state index >= 15 is 0 Å². The minimum Gasteiger partial charge on any atom is -0.351 e. The summed E-state index contributed by atoms with van der Waals surface area (Å²) in [5, 5.41) is 6.33. The van der Waals surface area contributed by atoms with Gasteiger partial charge in [0, 0.05) is 44.8 Å². The highest BCUT2D eigenvalue weighted by atomic mass is 35.5. The lowest BCUT2D eigenvalue weighted by atomic mass is 10.1. The Bertz CT molecular complexity index is 445. The van der Waals surface area contributed by atoms with E-state index in [-0.39, 0.29) is 18.3 Å². The molecule has 0 radical (unpaired) electrons. The third-order valence-corrected chi connectivity index (χ3v) is 3.55. The van der Waals surface area contributed by atoms with Crippen molar-refractivity contribution >= 4 is 18.3 Å². The summed E-state index contributed by atoms with van der Waals surface area (Å²) in [5.41, 5.74) is 3.01. The molecule has 1 amide bonds. The van der Waals surface area contributed by atoms with Crippen LogP contribution in [0.1, 0.15) is 21.5 Å². The average Bonchev–Trinajstić information content (AvgIpc) is 2.39. The number of nitrogens with zero attached hydrogens (tertiary/aromatic N) is 1. The van der Waals surface area contributed by atoms with E-state index in [1.165, 1.54) is 5.56 Å². The van der Waals surface area contributed by atoms with Gasteiger partial charge in [-0.15, -0.1) is 12.4 Å². The van der Waals surface area contributed by atoms with Crippen molar-refractivity contribution in [3.05, 3.63) is 34.9 Å². The second kappa shape index (κ2) is 8.25. The number of hydrogen-bond acceptors (Lipinski definition) is 3. The minimum absolute atomic E-state index is 0. The van der Waals surface area contributed by atoms with E-state index in [0.717, 1.165) is 43.9 Å². The number of nitrogens with one attached hydrogen (secondary N) is 2. The second-order valence-corrected chi connectivity index (χ2v) is 5.17.